The van der Waals surface area contributed by atoms with Crippen LogP contribution in [-0.2, 0) is 9.47 Å². The molecule has 0 radical (unpaired) electrons. The van der Waals surface area contributed by atoms with Crippen molar-refractivity contribution in [3.05, 3.63) is 29.8 Å². The van der Waals surface area contributed by atoms with Gasteiger partial charge in [-0.2, -0.15) is 0 Å². The van der Waals surface area contributed by atoms with Crippen molar-refractivity contribution in [1.29, 1.82) is 0 Å². The lowest BCUT2D eigenvalue weighted by Crippen LogP contribution is -2.43. The van der Waals surface area contributed by atoms with Crippen LogP contribution in [0.2, 0.25) is 0 Å². The Kier molecular flexibility index (Phi) is 4.93. The van der Waals surface area contributed by atoms with Gasteiger partial charge >= 0.3 is 12.1 Å². The molecule has 0 aliphatic carbocycles. The number of hydrogen-bond acceptors (Lipinski definition) is 6. The Balaban J connectivity index is 2.73. The molecule has 0 atom stereocenters. The molecule has 0 saturated heterocycles. The molecular formula is C13H18N2O5. The maximum Gasteiger partial charge on any atom is 0.459 e. The number of amides is 1. The maximum absolute atomic E-state index is 11.6. The molecule has 0 aromatic heterocycles. The zero-order chi connectivity index (χ0) is 15.3. The van der Waals surface area contributed by atoms with E-state index in [1.54, 1.807) is 32.9 Å². The van der Waals surface area contributed by atoms with Gasteiger partial charge in [0.15, 0.2) is 5.75 Å². The first-order valence-electron chi connectivity index (χ1n) is 5.87. The highest BCUT2D eigenvalue weighted by Crippen LogP contribution is 2.16. The Morgan fingerprint density at radius 2 is 1.90 bits per heavy atom. The molecule has 0 aliphatic rings. The summed E-state index contributed by atoms with van der Waals surface area (Å²) < 4.78 is 9.59. The standard InChI is InChI=1S/C13H18N2O5/c1-13(2,3)19-12(17)15(14)20-10-7-5-6-9(8-10)11(16)18-4/h5-8H,14H2,1-4H3. The third kappa shape index (κ3) is 4.77. The van der Waals surface area contributed by atoms with E-state index >= 15 is 0 Å². The molecule has 0 unspecified atom stereocenters. The maximum atomic E-state index is 11.6. The monoisotopic (exact) mass is 282 g/mol. The van der Waals surface area contributed by atoms with Crippen molar-refractivity contribution in [1.82, 2.24) is 5.17 Å². The van der Waals surface area contributed by atoms with Crippen LogP contribution in [0.4, 0.5) is 4.79 Å². The zero-order valence-corrected chi connectivity index (χ0v) is 11.9. The summed E-state index contributed by atoms with van der Waals surface area (Å²) in [5, 5.41) is 0.460. The number of methoxy groups -OCH3 is 1. The Hall–Kier alpha value is -2.28. The molecule has 20 heavy (non-hydrogen) atoms. The molecule has 1 rings (SSSR count). The van der Waals surface area contributed by atoms with Crippen LogP contribution in [0.1, 0.15) is 31.1 Å². The number of nitrogens with zero attached hydrogens (tertiary/aromatic N) is 1. The fourth-order valence-electron chi connectivity index (χ4n) is 1.26. The molecule has 1 aromatic rings. The van der Waals surface area contributed by atoms with Gasteiger partial charge in [0.1, 0.15) is 5.60 Å². The van der Waals surface area contributed by atoms with Gasteiger partial charge in [-0.25, -0.2) is 15.4 Å². The van der Waals surface area contributed by atoms with E-state index in [0.717, 1.165) is 0 Å². The minimum atomic E-state index is -0.846. The fraction of sp³-hybridized carbons (Fsp3) is 0.385. The third-order valence-corrected chi connectivity index (χ3v) is 2.03. The molecule has 0 heterocycles. The number of carbonyl (C=O) groups excluding carboxylic acids is 2. The lowest BCUT2D eigenvalue weighted by Gasteiger charge is -2.23. The average Bonchev–Trinajstić information content (AvgIpc) is 2.36. The van der Waals surface area contributed by atoms with Crippen LogP contribution in [-0.4, -0.2) is 29.9 Å². The van der Waals surface area contributed by atoms with Crippen LogP contribution < -0.4 is 10.7 Å². The van der Waals surface area contributed by atoms with Gasteiger partial charge in [0, 0.05) is 0 Å². The summed E-state index contributed by atoms with van der Waals surface area (Å²) in [5.74, 6) is 5.13. The van der Waals surface area contributed by atoms with Gasteiger partial charge in [0.2, 0.25) is 0 Å². The van der Waals surface area contributed by atoms with Crippen LogP contribution in [0, 0.1) is 0 Å². The Morgan fingerprint density at radius 3 is 2.45 bits per heavy atom. The number of nitrogens with two attached hydrogens (primary N) is 1. The van der Waals surface area contributed by atoms with Gasteiger partial charge in [0.05, 0.1) is 12.7 Å². The largest absolute Gasteiger partial charge is 0.465 e. The molecule has 0 bridgehead atoms. The van der Waals surface area contributed by atoms with Crippen LogP contribution in [0.25, 0.3) is 0 Å². The van der Waals surface area contributed by atoms with Crippen molar-refractivity contribution in [2.75, 3.05) is 7.11 Å². The minimum Gasteiger partial charge on any atom is -0.465 e. The number of ether oxygens (including phenoxy) is 2. The number of hydrazine groups is 1. The van der Waals surface area contributed by atoms with Crippen molar-refractivity contribution in [3.63, 3.8) is 0 Å². The van der Waals surface area contributed by atoms with Crippen molar-refractivity contribution in [3.8, 4) is 5.75 Å². The number of benzene rings is 1. The topological polar surface area (TPSA) is 91.1 Å². The number of esters is 1. The second-order valence-electron chi connectivity index (χ2n) is 4.92. The first kappa shape index (κ1) is 15.8. The van der Waals surface area contributed by atoms with Crippen molar-refractivity contribution in [2.45, 2.75) is 26.4 Å². The first-order valence-corrected chi connectivity index (χ1v) is 5.87. The molecule has 7 heteroatoms. The second kappa shape index (κ2) is 6.25. The summed E-state index contributed by atoms with van der Waals surface area (Å²) >= 11 is 0. The molecular weight excluding hydrogens is 264 g/mol. The molecule has 0 spiro atoms. The van der Waals surface area contributed by atoms with Crippen molar-refractivity contribution >= 4 is 12.1 Å². The zero-order valence-electron chi connectivity index (χ0n) is 11.9. The number of hydroxylamine groups is 1. The van der Waals surface area contributed by atoms with Gasteiger partial charge in [0.25, 0.3) is 0 Å². The van der Waals surface area contributed by atoms with Crippen molar-refractivity contribution in [2.24, 2.45) is 5.84 Å². The van der Waals surface area contributed by atoms with Crippen LogP contribution in [0.15, 0.2) is 24.3 Å². The van der Waals surface area contributed by atoms with Crippen LogP contribution in [0.3, 0.4) is 0 Å². The van der Waals surface area contributed by atoms with E-state index in [0.29, 0.717) is 5.17 Å². The molecule has 1 amide bonds. The minimum absolute atomic E-state index is 0.209. The molecule has 1 aromatic carbocycles. The van der Waals surface area contributed by atoms with E-state index in [1.807, 2.05) is 0 Å². The van der Waals surface area contributed by atoms with E-state index < -0.39 is 17.7 Å². The normalized spacial score (nSPS) is 10.7. The Morgan fingerprint density at radius 1 is 1.25 bits per heavy atom. The molecule has 0 fully saturated rings. The SMILES string of the molecule is COC(=O)c1cccc(ON(N)C(=O)OC(C)(C)C)c1. The molecule has 0 aliphatic heterocycles. The van der Waals surface area contributed by atoms with Gasteiger partial charge in [-0.3, -0.25) is 0 Å². The number of hydrogen-bond donors (Lipinski definition) is 1. The van der Waals surface area contributed by atoms with Gasteiger partial charge in [-0.1, -0.05) is 11.2 Å². The van der Waals surface area contributed by atoms with E-state index in [4.69, 9.17) is 15.4 Å². The summed E-state index contributed by atoms with van der Waals surface area (Å²) in [5.41, 5.74) is -0.408. The number of rotatable bonds is 3. The van der Waals surface area contributed by atoms with Gasteiger partial charge in [-0.15, -0.1) is 0 Å². The highest BCUT2D eigenvalue weighted by atomic mass is 16.8. The second-order valence-corrected chi connectivity index (χ2v) is 4.92. The highest BCUT2D eigenvalue weighted by Gasteiger charge is 2.21. The molecule has 2 N–H and O–H groups in total. The quantitative estimate of drug-likeness (QED) is 0.394. The molecule has 0 saturated carbocycles. The molecule has 110 valence electrons. The third-order valence-electron chi connectivity index (χ3n) is 2.03. The summed E-state index contributed by atoms with van der Waals surface area (Å²) in [6, 6.07) is 6.06. The van der Waals surface area contributed by atoms with Gasteiger partial charge in [-0.05, 0) is 39.0 Å². The van der Waals surface area contributed by atoms with E-state index in [9.17, 15) is 9.59 Å². The van der Waals surface area contributed by atoms with Crippen LogP contribution in [0.5, 0.6) is 5.75 Å². The van der Waals surface area contributed by atoms with E-state index in [1.165, 1.54) is 19.2 Å². The van der Waals surface area contributed by atoms with E-state index in [2.05, 4.69) is 4.74 Å². The Bertz CT molecular complexity index is 496. The van der Waals surface area contributed by atoms with Crippen LogP contribution >= 0.6 is 0 Å². The smallest absolute Gasteiger partial charge is 0.459 e. The molecule has 7 nitrogen and oxygen atoms in total. The summed E-state index contributed by atoms with van der Waals surface area (Å²) in [7, 11) is 1.27. The predicted octanol–water partition coefficient (Wildman–Crippen LogP) is 1.88. The predicted molar refractivity (Wildman–Crippen MR) is 70.7 cm³/mol. The van der Waals surface area contributed by atoms with Crippen molar-refractivity contribution < 1.29 is 23.9 Å². The first-order chi connectivity index (χ1) is 9.23. The highest BCUT2D eigenvalue weighted by molar-refractivity contribution is 5.89. The Labute approximate surface area is 117 Å². The lowest BCUT2D eigenvalue weighted by atomic mass is 10.2. The summed E-state index contributed by atoms with van der Waals surface area (Å²) in [4.78, 5) is 28.0. The fourth-order valence-corrected chi connectivity index (χ4v) is 1.26. The lowest BCUT2D eigenvalue weighted by molar-refractivity contribution is -0.0738. The number of carbonyl (C=O) groups is 2. The average molecular weight is 282 g/mol. The summed E-state index contributed by atoms with van der Waals surface area (Å²) in [6.07, 6.45) is -0.846. The van der Waals surface area contributed by atoms with E-state index in [-0.39, 0.29) is 11.3 Å². The summed E-state index contributed by atoms with van der Waals surface area (Å²) in [6.45, 7) is 5.11. The van der Waals surface area contributed by atoms with Gasteiger partial charge < -0.3 is 14.3 Å².